The predicted molar refractivity (Wildman–Crippen MR) is 119 cm³/mol. The first-order valence-corrected chi connectivity index (χ1v) is 10.3. The Bertz CT molecular complexity index is 1140. The average Bonchev–Trinajstić information content (AvgIpc) is 3.22. The van der Waals surface area contributed by atoms with E-state index >= 15 is 0 Å². The number of rotatable bonds is 6. The van der Waals surface area contributed by atoms with Gasteiger partial charge in [-0.1, -0.05) is 60.7 Å². The van der Waals surface area contributed by atoms with Crippen molar-refractivity contribution in [3.8, 4) is 22.4 Å². The van der Waals surface area contributed by atoms with Gasteiger partial charge in [-0.15, -0.1) is 0 Å². The minimum Gasteiger partial charge on any atom is -0.341 e. The highest BCUT2D eigenvalue weighted by Crippen LogP contribution is 2.32. The zero-order valence-corrected chi connectivity index (χ0v) is 17.4. The van der Waals surface area contributed by atoms with E-state index in [9.17, 15) is 14.4 Å². The van der Waals surface area contributed by atoms with Crippen LogP contribution >= 0.6 is 0 Å². The molecule has 0 spiro atoms. The number of aromatic nitrogens is 2. The molecule has 0 atom stereocenters. The van der Waals surface area contributed by atoms with Gasteiger partial charge in [-0.3, -0.25) is 14.4 Å². The first-order chi connectivity index (χ1) is 15.1. The summed E-state index contributed by atoms with van der Waals surface area (Å²) < 4.78 is 0. The molecule has 1 fully saturated rings. The van der Waals surface area contributed by atoms with Crippen molar-refractivity contribution in [2.24, 2.45) is 0 Å². The summed E-state index contributed by atoms with van der Waals surface area (Å²) in [6.07, 6.45) is 1.40. The number of amides is 2. The maximum absolute atomic E-state index is 13.4. The number of nitrogens with zero attached hydrogens (tertiary/aromatic N) is 3. The predicted octanol–water partition coefficient (Wildman–Crippen LogP) is 2.80. The molecule has 1 aliphatic heterocycles. The zero-order valence-electron chi connectivity index (χ0n) is 17.4. The fourth-order valence-corrected chi connectivity index (χ4v) is 3.85. The smallest absolute Gasteiger partial charge is 0.277 e. The van der Waals surface area contributed by atoms with Crippen molar-refractivity contribution < 1.29 is 9.59 Å². The number of nitrogens with one attached hydrogen (secondary N) is 1. The number of benzene rings is 2. The highest BCUT2D eigenvalue weighted by atomic mass is 16.2. The quantitative estimate of drug-likeness (QED) is 0.670. The number of aromatic amines is 1. The molecule has 31 heavy (non-hydrogen) atoms. The monoisotopic (exact) mass is 416 g/mol. The number of H-pyrrole nitrogens is 1. The molecule has 7 nitrogen and oxygen atoms in total. The number of likely N-dealkylation sites (tertiary alicyclic amines) is 1. The summed E-state index contributed by atoms with van der Waals surface area (Å²) in [6.45, 7) is 1.52. The van der Waals surface area contributed by atoms with E-state index < -0.39 is 11.5 Å². The number of likely N-dealkylation sites (N-methyl/N-ethyl adjacent to an activating group) is 1. The van der Waals surface area contributed by atoms with E-state index in [1.54, 1.807) is 11.9 Å². The fraction of sp³-hybridized carbons (Fsp3) is 0.250. The van der Waals surface area contributed by atoms with Gasteiger partial charge in [-0.25, -0.2) is 5.10 Å². The summed E-state index contributed by atoms with van der Waals surface area (Å²) in [4.78, 5) is 41.4. The fourth-order valence-electron chi connectivity index (χ4n) is 3.85. The number of carbonyl (C=O) groups is 2. The molecule has 3 aromatic rings. The van der Waals surface area contributed by atoms with E-state index in [4.69, 9.17) is 0 Å². The Kier molecular flexibility index (Phi) is 5.93. The second kappa shape index (κ2) is 8.95. The van der Waals surface area contributed by atoms with E-state index in [2.05, 4.69) is 10.2 Å². The van der Waals surface area contributed by atoms with E-state index in [1.165, 1.54) is 4.90 Å². The van der Waals surface area contributed by atoms with E-state index in [1.807, 2.05) is 60.7 Å². The lowest BCUT2D eigenvalue weighted by atomic mass is 9.95. The van der Waals surface area contributed by atoms with Gasteiger partial charge in [0.15, 0.2) is 0 Å². The van der Waals surface area contributed by atoms with Gasteiger partial charge < -0.3 is 9.80 Å². The number of hydrogen-bond donors (Lipinski definition) is 1. The van der Waals surface area contributed by atoms with Crippen LogP contribution in [0, 0.1) is 0 Å². The van der Waals surface area contributed by atoms with Crippen LogP contribution in [0.3, 0.4) is 0 Å². The van der Waals surface area contributed by atoms with Gasteiger partial charge in [0.2, 0.25) is 5.91 Å². The molecular weight excluding hydrogens is 392 g/mol. The standard InChI is InChI=1S/C24H24N4O3/c1-27(15-16-28-14-8-13-19(28)29)24(31)21-20(17-9-4-2-5-10-17)22(25-26-23(21)30)18-11-6-3-7-12-18/h2-7,9-12H,8,13-16H2,1H3,(H,26,30). The van der Waals surface area contributed by atoms with Crippen LogP contribution in [0.25, 0.3) is 22.4 Å². The van der Waals surface area contributed by atoms with Crippen LogP contribution in [0.4, 0.5) is 0 Å². The van der Waals surface area contributed by atoms with Gasteiger partial charge in [-0.2, -0.15) is 5.10 Å². The maximum Gasteiger partial charge on any atom is 0.277 e. The molecule has 2 heterocycles. The van der Waals surface area contributed by atoms with Crippen LogP contribution in [0.15, 0.2) is 65.5 Å². The summed E-state index contributed by atoms with van der Waals surface area (Å²) >= 11 is 0. The Morgan fingerprint density at radius 2 is 1.68 bits per heavy atom. The first kappa shape index (κ1) is 20.5. The Morgan fingerprint density at radius 3 is 2.29 bits per heavy atom. The molecule has 0 bridgehead atoms. The van der Waals surface area contributed by atoms with Crippen molar-refractivity contribution >= 4 is 11.8 Å². The minimum atomic E-state index is -0.535. The molecule has 0 saturated carbocycles. The van der Waals surface area contributed by atoms with Gasteiger partial charge in [-0.05, 0) is 12.0 Å². The summed E-state index contributed by atoms with van der Waals surface area (Å²) in [7, 11) is 1.65. The van der Waals surface area contributed by atoms with Crippen LogP contribution in [0.2, 0.25) is 0 Å². The maximum atomic E-state index is 13.4. The van der Waals surface area contributed by atoms with Crippen LogP contribution < -0.4 is 5.56 Å². The normalized spacial score (nSPS) is 13.5. The lowest BCUT2D eigenvalue weighted by molar-refractivity contribution is -0.127. The molecule has 1 saturated heterocycles. The highest BCUT2D eigenvalue weighted by Gasteiger charge is 2.26. The molecule has 7 heteroatoms. The Balaban J connectivity index is 1.75. The van der Waals surface area contributed by atoms with Crippen LogP contribution in [0.1, 0.15) is 23.2 Å². The van der Waals surface area contributed by atoms with Gasteiger partial charge in [0.1, 0.15) is 5.56 Å². The molecule has 158 valence electrons. The Hall–Kier alpha value is -3.74. The van der Waals surface area contributed by atoms with Crippen molar-refractivity contribution in [2.75, 3.05) is 26.7 Å². The molecule has 0 aliphatic carbocycles. The topological polar surface area (TPSA) is 86.4 Å². The van der Waals surface area contributed by atoms with Crippen LogP contribution in [-0.2, 0) is 4.79 Å². The lowest BCUT2D eigenvalue weighted by Crippen LogP contribution is -2.39. The third-order valence-electron chi connectivity index (χ3n) is 5.53. The number of hydrogen-bond acceptors (Lipinski definition) is 4. The molecule has 1 N–H and O–H groups in total. The molecular formula is C24H24N4O3. The zero-order chi connectivity index (χ0) is 21.8. The van der Waals surface area contributed by atoms with Crippen molar-refractivity contribution in [3.63, 3.8) is 0 Å². The van der Waals surface area contributed by atoms with Gasteiger partial charge in [0, 0.05) is 44.2 Å². The average molecular weight is 416 g/mol. The molecule has 4 rings (SSSR count). The Labute approximate surface area is 180 Å². The van der Waals surface area contributed by atoms with Crippen molar-refractivity contribution in [1.29, 1.82) is 0 Å². The van der Waals surface area contributed by atoms with Gasteiger partial charge >= 0.3 is 0 Å². The molecule has 0 radical (unpaired) electrons. The summed E-state index contributed by atoms with van der Waals surface area (Å²) in [5.41, 5.74) is 2.11. The van der Waals surface area contributed by atoms with Crippen LogP contribution in [0.5, 0.6) is 0 Å². The number of carbonyl (C=O) groups excluding carboxylic acids is 2. The van der Waals surface area contributed by atoms with E-state index in [-0.39, 0.29) is 11.5 Å². The van der Waals surface area contributed by atoms with E-state index in [0.717, 1.165) is 17.5 Å². The third-order valence-corrected chi connectivity index (χ3v) is 5.53. The molecule has 2 aromatic carbocycles. The lowest BCUT2D eigenvalue weighted by Gasteiger charge is -2.23. The summed E-state index contributed by atoms with van der Waals surface area (Å²) in [6, 6.07) is 18.8. The third kappa shape index (κ3) is 4.26. The largest absolute Gasteiger partial charge is 0.341 e. The second-order valence-electron chi connectivity index (χ2n) is 7.59. The van der Waals surface area contributed by atoms with Crippen molar-refractivity contribution in [2.45, 2.75) is 12.8 Å². The summed E-state index contributed by atoms with van der Waals surface area (Å²) in [5, 5.41) is 6.78. The molecule has 0 unspecified atom stereocenters. The van der Waals surface area contributed by atoms with Gasteiger partial charge in [0.25, 0.3) is 11.5 Å². The molecule has 2 amide bonds. The van der Waals surface area contributed by atoms with Gasteiger partial charge in [0.05, 0.1) is 5.69 Å². The minimum absolute atomic E-state index is 0.0512. The Morgan fingerprint density at radius 1 is 1.03 bits per heavy atom. The SMILES string of the molecule is CN(CCN1CCCC1=O)C(=O)c1c(-c2ccccc2)c(-c2ccccc2)n[nH]c1=O. The van der Waals surface area contributed by atoms with Crippen molar-refractivity contribution in [3.05, 3.63) is 76.6 Å². The van der Waals surface area contributed by atoms with Crippen LogP contribution in [-0.4, -0.2) is 58.5 Å². The van der Waals surface area contributed by atoms with Crippen molar-refractivity contribution in [1.82, 2.24) is 20.0 Å². The summed E-state index contributed by atoms with van der Waals surface area (Å²) in [5.74, 6) is -0.287. The highest BCUT2D eigenvalue weighted by molar-refractivity contribution is 6.03. The molecule has 1 aromatic heterocycles. The first-order valence-electron chi connectivity index (χ1n) is 10.3. The second-order valence-corrected chi connectivity index (χ2v) is 7.59. The van der Waals surface area contributed by atoms with E-state index in [0.29, 0.717) is 37.3 Å². The molecule has 1 aliphatic rings.